The maximum atomic E-state index is 2.56. The molecule has 0 aliphatic carbocycles. The zero-order valence-corrected chi connectivity index (χ0v) is 21.5. The highest BCUT2D eigenvalue weighted by molar-refractivity contribution is 7.12. The molecule has 8 rings (SSSR count). The molecule has 182 valence electrons. The van der Waals surface area contributed by atoms with E-state index in [1.54, 1.807) is 0 Å². The predicted molar refractivity (Wildman–Crippen MR) is 167 cm³/mol. The third-order valence-corrected chi connectivity index (χ3v) is 8.74. The summed E-state index contributed by atoms with van der Waals surface area (Å²) in [6.45, 7) is 0. The summed E-state index contributed by atoms with van der Waals surface area (Å²) < 4.78 is 2.56. The SMILES string of the molecule is C1=C(c2cccc3ccccc23)[B-](c2cccc3ccccc23)(c2cccc3ccccc23)[n+]2ccccc21. The Labute approximate surface area is 228 Å². The second-order valence-electron chi connectivity index (χ2n) is 10.6. The van der Waals surface area contributed by atoms with Gasteiger partial charge in [-0.2, -0.15) is 0 Å². The van der Waals surface area contributed by atoms with Gasteiger partial charge in [-0.1, -0.05) is 133 Å². The molecule has 1 nitrogen and oxygen atoms in total. The van der Waals surface area contributed by atoms with Crippen molar-refractivity contribution in [1.29, 1.82) is 0 Å². The second-order valence-corrected chi connectivity index (χ2v) is 10.6. The highest BCUT2D eigenvalue weighted by Crippen LogP contribution is 2.37. The topological polar surface area (TPSA) is 3.88 Å². The van der Waals surface area contributed by atoms with Gasteiger partial charge in [-0.05, 0) is 50.0 Å². The van der Waals surface area contributed by atoms with Gasteiger partial charge in [-0.25, -0.2) is 0 Å². The molecule has 0 saturated heterocycles. The molecule has 1 aromatic heterocycles. The van der Waals surface area contributed by atoms with Gasteiger partial charge in [0, 0.05) is 6.07 Å². The molecule has 0 bridgehead atoms. The minimum atomic E-state index is -1.60. The van der Waals surface area contributed by atoms with Crippen LogP contribution >= 0.6 is 0 Å². The van der Waals surface area contributed by atoms with Gasteiger partial charge >= 0.3 is 6.28 Å². The summed E-state index contributed by atoms with van der Waals surface area (Å²) in [6.07, 6.45) is 3.12. The van der Waals surface area contributed by atoms with Crippen molar-refractivity contribution in [2.24, 2.45) is 0 Å². The normalized spacial score (nSPS) is 14.0. The number of hydrogen-bond acceptors (Lipinski definition) is 0. The van der Waals surface area contributed by atoms with Crippen LogP contribution in [-0.2, 0) is 0 Å². The molecule has 6 aromatic carbocycles. The van der Waals surface area contributed by atoms with Crippen LogP contribution in [0.25, 0.3) is 43.9 Å². The van der Waals surface area contributed by atoms with Crippen molar-refractivity contribution in [3.63, 3.8) is 0 Å². The molecule has 0 atom stereocenters. The maximum absolute atomic E-state index is 2.56. The van der Waals surface area contributed by atoms with E-state index in [4.69, 9.17) is 0 Å². The van der Waals surface area contributed by atoms with Crippen LogP contribution in [0.15, 0.2) is 152 Å². The Kier molecular flexibility index (Phi) is 4.84. The highest BCUT2D eigenvalue weighted by atomic mass is 14.9. The van der Waals surface area contributed by atoms with E-state index in [2.05, 4.69) is 162 Å². The first-order valence-electron chi connectivity index (χ1n) is 13.7. The lowest BCUT2D eigenvalue weighted by molar-refractivity contribution is -0.538. The van der Waals surface area contributed by atoms with E-state index in [-0.39, 0.29) is 0 Å². The lowest BCUT2D eigenvalue weighted by atomic mass is 9.22. The first-order chi connectivity index (χ1) is 19.4. The largest absolute Gasteiger partial charge is 0.409 e. The highest BCUT2D eigenvalue weighted by Gasteiger charge is 2.50. The minimum Gasteiger partial charge on any atom is -0.409 e. The molecule has 0 fully saturated rings. The van der Waals surface area contributed by atoms with E-state index in [0.717, 1.165) is 0 Å². The van der Waals surface area contributed by atoms with Crippen molar-refractivity contribution in [1.82, 2.24) is 0 Å². The van der Waals surface area contributed by atoms with E-state index >= 15 is 0 Å². The van der Waals surface area contributed by atoms with E-state index in [9.17, 15) is 0 Å². The molecule has 0 spiro atoms. The minimum absolute atomic E-state index is 1.22. The zero-order valence-electron chi connectivity index (χ0n) is 21.5. The molecular formula is C37H26BN. The van der Waals surface area contributed by atoms with E-state index in [1.165, 1.54) is 60.0 Å². The maximum Gasteiger partial charge on any atom is 0.362 e. The van der Waals surface area contributed by atoms with Crippen LogP contribution in [0.2, 0.25) is 0 Å². The monoisotopic (exact) mass is 495 g/mol. The third kappa shape index (κ3) is 3.12. The van der Waals surface area contributed by atoms with E-state index in [0.29, 0.717) is 0 Å². The Bertz CT molecular complexity index is 1990. The summed E-state index contributed by atoms with van der Waals surface area (Å²) >= 11 is 0. The van der Waals surface area contributed by atoms with Crippen LogP contribution in [0.1, 0.15) is 11.3 Å². The van der Waals surface area contributed by atoms with E-state index < -0.39 is 6.28 Å². The quantitative estimate of drug-likeness (QED) is 0.230. The van der Waals surface area contributed by atoms with Crippen LogP contribution < -0.4 is 15.4 Å². The summed E-state index contributed by atoms with van der Waals surface area (Å²) in [6, 6.07) is 53.4. The fraction of sp³-hybridized carbons (Fsp3) is 0. The number of pyridine rings is 1. The van der Waals surface area contributed by atoms with Crippen LogP contribution in [0.5, 0.6) is 0 Å². The summed E-state index contributed by atoms with van der Waals surface area (Å²) in [5.74, 6) is 0. The molecule has 0 unspecified atom stereocenters. The van der Waals surface area contributed by atoms with Gasteiger partial charge < -0.3 is 4.48 Å². The van der Waals surface area contributed by atoms with Crippen LogP contribution in [0.3, 0.4) is 0 Å². The van der Waals surface area contributed by atoms with Crippen molar-refractivity contribution < 1.29 is 4.48 Å². The fourth-order valence-corrected chi connectivity index (χ4v) is 7.19. The number of aromatic nitrogens is 1. The molecule has 39 heavy (non-hydrogen) atoms. The van der Waals surface area contributed by atoms with Gasteiger partial charge in [0.1, 0.15) is 11.9 Å². The molecule has 0 N–H and O–H groups in total. The second kappa shape index (κ2) is 8.54. The van der Waals surface area contributed by atoms with Crippen molar-refractivity contribution in [3.05, 3.63) is 163 Å². The average Bonchev–Trinajstić information content (AvgIpc) is 3.35. The van der Waals surface area contributed by atoms with Gasteiger partial charge in [-0.3, -0.25) is 0 Å². The van der Waals surface area contributed by atoms with Gasteiger partial charge in [0.2, 0.25) is 0 Å². The first-order valence-corrected chi connectivity index (χ1v) is 13.7. The smallest absolute Gasteiger partial charge is 0.362 e. The number of fused-ring (bicyclic) bond motifs is 4. The summed E-state index contributed by atoms with van der Waals surface area (Å²) in [7, 11) is 0. The third-order valence-electron chi connectivity index (χ3n) is 8.74. The Hall–Kier alpha value is -4.95. The first kappa shape index (κ1) is 22.1. The lowest BCUT2D eigenvalue weighted by Crippen LogP contribution is -2.78. The number of rotatable bonds is 3. The van der Waals surface area contributed by atoms with E-state index in [1.807, 2.05) is 0 Å². The van der Waals surface area contributed by atoms with Crippen molar-refractivity contribution in [2.45, 2.75) is 0 Å². The van der Waals surface area contributed by atoms with Crippen molar-refractivity contribution >= 4 is 61.1 Å². The van der Waals surface area contributed by atoms with Crippen molar-refractivity contribution in [3.8, 4) is 0 Å². The fourth-order valence-electron chi connectivity index (χ4n) is 7.19. The zero-order chi connectivity index (χ0) is 25.8. The van der Waals surface area contributed by atoms with Crippen LogP contribution in [0.4, 0.5) is 0 Å². The van der Waals surface area contributed by atoms with Gasteiger partial charge in [-0.15, -0.1) is 16.4 Å². The number of nitrogens with zero attached hydrogens (tertiary/aromatic N) is 1. The van der Waals surface area contributed by atoms with Gasteiger partial charge in [0.25, 0.3) is 0 Å². The van der Waals surface area contributed by atoms with Gasteiger partial charge in [0.05, 0.1) is 0 Å². The molecule has 2 heterocycles. The number of hydrogen-bond donors (Lipinski definition) is 0. The summed E-state index contributed by atoms with van der Waals surface area (Å²) in [5.41, 5.74) is 6.56. The summed E-state index contributed by atoms with van der Waals surface area (Å²) in [5, 5.41) is 7.66. The molecule has 0 saturated carbocycles. The van der Waals surface area contributed by atoms with Gasteiger partial charge in [0.15, 0.2) is 0 Å². The molecule has 1 aliphatic heterocycles. The Morgan fingerprint density at radius 1 is 0.410 bits per heavy atom. The Morgan fingerprint density at radius 3 is 1.54 bits per heavy atom. The predicted octanol–water partition coefficient (Wildman–Crippen LogP) is 7.14. The molecule has 0 amide bonds. The molecule has 2 heteroatoms. The van der Waals surface area contributed by atoms with Crippen molar-refractivity contribution in [2.75, 3.05) is 0 Å². The standard InChI is InChI=1S/C37H26BN/c1-4-19-31-27(12-1)15-9-22-34(31)37-26-30-18-7-8-25-39(30)38(37,35-23-10-16-28-13-2-5-20-32(28)35)36-24-11-17-29-14-3-6-21-33(29)36/h1-26H. The molecule has 0 radical (unpaired) electrons. The molecule has 7 aromatic rings. The van der Waals surface area contributed by atoms with Crippen LogP contribution in [-0.4, -0.2) is 6.28 Å². The lowest BCUT2D eigenvalue weighted by Gasteiger charge is -2.37. The van der Waals surface area contributed by atoms with Crippen LogP contribution in [0, 0.1) is 0 Å². The Morgan fingerprint density at radius 2 is 0.897 bits per heavy atom. The molecule has 1 aliphatic rings. The summed E-state index contributed by atoms with van der Waals surface area (Å²) in [4.78, 5) is 0. The molecular weight excluding hydrogens is 469 g/mol. The number of benzene rings is 6. The Balaban J connectivity index is 1.61. The average molecular weight is 495 g/mol.